The van der Waals surface area contributed by atoms with E-state index in [2.05, 4.69) is 10.1 Å². The van der Waals surface area contributed by atoms with Crippen LogP contribution in [0.2, 0.25) is 0 Å². The number of carbonyl (C=O) groups is 4. The number of nitrogens with one attached hydrogen (secondary N) is 1. The lowest BCUT2D eigenvalue weighted by molar-refractivity contribution is -0.121. The Morgan fingerprint density at radius 1 is 1.17 bits per heavy atom. The van der Waals surface area contributed by atoms with Crippen LogP contribution in [0.3, 0.4) is 0 Å². The van der Waals surface area contributed by atoms with Gasteiger partial charge in [-0.2, -0.15) is 0 Å². The maximum absolute atomic E-state index is 12.6. The molecule has 2 aromatic carbocycles. The molecule has 1 aliphatic heterocycles. The lowest BCUT2D eigenvalue weighted by Crippen LogP contribution is -2.31. The lowest BCUT2D eigenvalue weighted by Gasteiger charge is -2.14. The van der Waals surface area contributed by atoms with Crippen molar-refractivity contribution in [3.05, 3.63) is 59.7 Å². The molecule has 150 valence electrons. The minimum Gasteiger partial charge on any atom is -0.465 e. The van der Waals surface area contributed by atoms with E-state index in [1.165, 1.54) is 12.0 Å². The number of methoxy groups -OCH3 is 1. The Morgan fingerprint density at radius 2 is 1.90 bits per heavy atom. The van der Waals surface area contributed by atoms with Crippen molar-refractivity contribution in [1.29, 1.82) is 0 Å². The molecule has 0 spiro atoms. The van der Waals surface area contributed by atoms with Gasteiger partial charge in [0.05, 0.1) is 29.4 Å². The largest absolute Gasteiger partial charge is 0.465 e. The number of esters is 1. The van der Waals surface area contributed by atoms with Crippen molar-refractivity contribution in [2.45, 2.75) is 18.6 Å². The van der Waals surface area contributed by atoms with Crippen LogP contribution in [0.15, 0.2) is 48.5 Å². The van der Waals surface area contributed by atoms with Gasteiger partial charge in [0.25, 0.3) is 0 Å². The number of imide groups is 1. The topological polar surface area (TPSA) is 92.8 Å². The summed E-state index contributed by atoms with van der Waals surface area (Å²) in [7, 11) is 1.29. The van der Waals surface area contributed by atoms with E-state index in [0.717, 1.165) is 17.3 Å². The third-order valence-corrected chi connectivity index (χ3v) is 5.67. The van der Waals surface area contributed by atoms with Crippen LogP contribution in [0.25, 0.3) is 0 Å². The van der Waals surface area contributed by atoms with Gasteiger partial charge >= 0.3 is 5.97 Å². The second kappa shape index (κ2) is 8.91. The fourth-order valence-corrected chi connectivity index (χ4v) is 3.88. The third kappa shape index (κ3) is 4.65. The predicted molar refractivity (Wildman–Crippen MR) is 111 cm³/mol. The number of rotatable bonds is 6. The number of carbonyl (C=O) groups excluding carboxylic acids is 4. The molecule has 1 aliphatic rings. The molecule has 3 rings (SSSR count). The van der Waals surface area contributed by atoms with Crippen LogP contribution in [0.4, 0.5) is 11.4 Å². The number of benzene rings is 2. The van der Waals surface area contributed by atoms with E-state index in [9.17, 15) is 19.2 Å². The zero-order valence-corrected chi connectivity index (χ0v) is 16.8. The van der Waals surface area contributed by atoms with E-state index in [0.29, 0.717) is 16.9 Å². The summed E-state index contributed by atoms with van der Waals surface area (Å²) in [4.78, 5) is 50.0. The minimum absolute atomic E-state index is 0.00814. The summed E-state index contributed by atoms with van der Waals surface area (Å²) in [6.07, 6.45) is 0.0581. The molecule has 0 radical (unpaired) electrons. The summed E-state index contributed by atoms with van der Waals surface area (Å²) in [5.41, 5.74) is 2.15. The van der Waals surface area contributed by atoms with Crippen molar-refractivity contribution in [2.75, 3.05) is 23.1 Å². The first-order valence-corrected chi connectivity index (χ1v) is 9.98. The van der Waals surface area contributed by atoms with Gasteiger partial charge in [0, 0.05) is 12.1 Å². The van der Waals surface area contributed by atoms with Crippen molar-refractivity contribution in [1.82, 2.24) is 0 Å². The molecule has 3 amide bonds. The van der Waals surface area contributed by atoms with Gasteiger partial charge in [-0.05, 0) is 36.8 Å². The van der Waals surface area contributed by atoms with Crippen LogP contribution >= 0.6 is 11.8 Å². The van der Waals surface area contributed by atoms with Crippen molar-refractivity contribution in [3.8, 4) is 0 Å². The van der Waals surface area contributed by atoms with Gasteiger partial charge in [-0.15, -0.1) is 11.8 Å². The lowest BCUT2D eigenvalue weighted by atomic mass is 10.1. The molecule has 0 saturated carbocycles. The van der Waals surface area contributed by atoms with Crippen molar-refractivity contribution >= 4 is 46.8 Å². The Balaban J connectivity index is 1.61. The SMILES string of the molecule is COC(=O)c1ccc(C)c(NC(=O)CS[C@H]2CC(=O)N(c3ccccc3)C2=O)c1. The first-order valence-electron chi connectivity index (χ1n) is 8.93. The Kier molecular flexibility index (Phi) is 6.33. The van der Waals surface area contributed by atoms with Crippen LogP contribution in [-0.2, 0) is 19.1 Å². The Bertz CT molecular complexity index is 961. The normalized spacial score (nSPS) is 16.1. The maximum Gasteiger partial charge on any atom is 0.337 e. The molecule has 1 fully saturated rings. The maximum atomic E-state index is 12.6. The zero-order valence-electron chi connectivity index (χ0n) is 16.0. The highest BCUT2D eigenvalue weighted by atomic mass is 32.2. The number of aryl methyl sites for hydroxylation is 1. The van der Waals surface area contributed by atoms with E-state index in [1.807, 2.05) is 6.07 Å². The molecule has 0 bridgehead atoms. The molecule has 2 aromatic rings. The summed E-state index contributed by atoms with van der Waals surface area (Å²) >= 11 is 1.13. The number of ether oxygens (including phenoxy) is 1. The van der Waals surface area contributed by atoms with Gasteiger partial charge in [0.2, 0.25) is 17.7 Å². The van der Waals surface area contributed by atoms with Crippen LogP contribution in [0.5, 0.6) is 0 Å². The fraction of sp³-hybridized carbons (Fsp3) is 0.238. The second-order valence-electron chi connectivity index (χ2n) is 6.48. The highest BCUT2D eigenvalue weighted by molar-refractivity contribution is 8.01. The molecule has 0 aromatic heterocycles. The van der Waals surface area contributed by atoms with Gasteiger partial charge in [-0.3, -0.25) is 14.4 Å². The Labute approximate surface area is 172 Å². The smallest absolute Gasteiger partial charge is 0.337 e. The van der Waals surface area contributed by atoms with Crippen LogP contribution in [0.1, 0.15) is 22.3 Å². The van der Waals surface area contributed by atoms with Crippen molar-refractivity contribution < 1.29 is 23.9 Å². The molecule has 0 aliphatic carbocycles. The molecule has 8 heteroatoms. The standard InChI is InChI=1S/C21H20N2O5S/c1-13-8-9-14(21(27)28-2)10-16(13)22-18(24)12-29-17-11-19(25)23(20(17)26)15-6-4-3-5-7-15/h3-10,17H,11-12H2,1-2H3,(H,22,24)/t17-/m0/s1. The van der Waals surface area contributed by atoms with Gasteiger partial charge in [-0.25, -0.2) is 9.69 Å². The molecule has 29 heavy (non-hydrogen) atoms. The van der Waals surface area contributed by atoms with Crippen LogP contribution in [-0.4, -0.2) is 41.8 Å². The van der Waals surface area contributed by atoms with Gasteiger partial charge < -0.3 is 10.1 Å². The number of hydrogen-bond acceptors (Lipinski definition) is 6. The quantitative estimate of drug-likeness (QED) is 0.579. The van der Waals surface area contributed by atoms with Crippen molar-refractivity contribution in [2.24, 2.45) is 0 Å². The minimum atomic E-state index is -0.601. The molecule has 1 atom stereocenters. The average Bonchev–Trinajstić information content (AvgIpc) is 3.01. The first kappa shape index (κ1) is 20.6. The zero-order chi connectivity index (χ0) is 21.0. The van der Waals surface area contributed by atoms with Crippen LogP contribution in [0, 0.1) is 6.92 Å². The second-order valence-corrected chi connectivity index (χ2v) is 7.67. The number of hydrogen-bond donors (Lipinski definition) is 1. The summed E-state index contributed by atoms with van der Waals surface area (Å²) in [6, 6.07) is 13.6. The third-order valence-electron chi connectivity index (χ3n) is 4.47. The van der Waals surface area contributed by atoms with Crippen LogP contribution < -0.4 is 10.2 Å². The van der Waals surface area contributed by atoms with Gasteiger partial charge in [-0.1, -0.05) is 24.3 Å². The predicted octanol–water partition coefficient (Wildman–Crippen LogP) is 2.79. The number of anilines is 2. The first-order chi connectivity index (χ1) is 13.9. The monoisotopic (exact) mass is 412 g/mol. The van der Waals surface area contributed by atoms with E-state index < -0.39 is 11.2 Å². The molecular weight excluding hydrogens is 392 g/mol. The average molecular weight is 412 g/mol. The highest BCUT2D eigenvalue weighted by Crippen LogP contribution is 2.29. The number of para-hydroxylation sites is 1. The van der Waals surface area contributed by atoms with Gasteiger partial charge in [0.1, 0.15) is 0 Å². The fourth-order valence-electron chi connectivity index (χ4n) is 2.95. The van der Waals surface area contributed by atoms with E-state index in [4.69, 9.17) is 0 Å². The molecule has 1 N–H and O–H groups in total. The number of thioether (sulfide) groups is 1. The number of nitrogens with zero attached hydrogens (tertiary/aromatic N) is 1. The number of amides is 3. The molecule has 7 nitrogen and oxygen atoms in total. The van der Waals surface area contributed by atoms with E-state index in [-0.39, 0.29) is 29.9 Å². The molecule has 1 heterocycles. The molecule has 1 saturated heterocycles. The Hall–Kier alpha value is -3.13. The van der Waals surface area contributed by atoms with Crippen molar-refractivity contribution in [3.63, 3.8) is 0 Å². The van der Waals surface area contributed by atoms with E-state index in [1.54, 1.807) is 49.4 Å². The van der Waals surface area contributed by atoms with Gasteiger partial charge in [0.15, 0.2) is 0 Å². The Morgan fingerprint density at radius 3 is 2.59 bits per heavy atom. The summed E-state index contributed by atoms with van der Waals surface area (Å²) in [5, 5.41) is 2.14. The highest BCUT2D eigenvalue weighted by Gasteiger charge is 2.39. The summed E-state index contributed by atoms with van der Waals surface area (Å²) < 4.78 is 4.69. The molecular formula is C21H20N2O5S. The summed E-state index contributed by atoms with van der Waals surface area (Å²) in [6.45, 7) is 1.81. The molecule has 0 unspecified atom stereocenters. The summed E-state index contributed by atoms with van der Waals surface area (Å²) in [5.74, 6) is -1.40. The van der Waals surface area contributed by atoms with E-state index >= 15 is 0 Å².